The quantitative estimate of drug-likeness (QED) is 0.767. The van der Waals surface area contributed by atoms with Crippen molar-refractivity contribution in [2.75, 3.05) is 18.0 Å². The molecule has 3 heteroatoms. The molecule has 1 aliphatic heterocycles. The summed E-state index contributed by atoms with van der Waals surface area (Å²) in [5.41, 5.74) is 4.03. The molecule has 0 aliphatic carbocycles. The molecule has 0 radical (unpaired) electrons. The summed E-state index contributed by atoms with van der Waals surface area (Å²) in [5.74, 6) is 1.17. The third kappa shape index (κ3) is 1.61. The maximum Gasteiger partial charge on any atom is 0.153 e. The first-order valence-electron chi connectivity index (χ1n) is 6.85. The van der Waals surface area contributed by atoms with Crippen molar-refractivity contribution in [3.63, 3.8) is 0 Å². The summed E-state index contributed by atoms with van der Waals surface area (Å²) in [6, 6.07) is 2.14. The van der Waals surface area contributed by atoms with Crippen LogP contribution < -0.4 is 4.90 Å². The van der Waals surface area contributed by atoms with Gasteiger partial charge in [-0.3, -0.25) is 0 Å². The van der Waals surface area contributed by atoms with Crippen molar-refractivity contribution < 1.29 is 0 Å². The standard InChI is InChI=1S/C15H21N3/c1-11-12(2)17(3)14-13(11)7-8-16-15(14)18-9-5-4-6-10-18/h7-8H,4-6,9-10H2,1-3H3. The Balaban J connectivity index is 2.20. The van der Waals surface area contributed by atoms with Crippen LogP contribution in [0.5, 0.6) is 0 Å². The number of nitrogens with zero attached hydrogens (tertiary/aromatic N) is 3. The predicted octanol–water partition coefficient (Wildman–Crippen LogP) is 3.18. The zero-order valence-corrected chi connectivity index (χ0v) is 11.5. The monoisotopic (exact) mass is 243 g/mol. The van der Waals surface area contributed by atoms with Gasteiger partial charge in [-0.25, -0.2) is 4.98 Å². The van der Waals surface area contributed by atoms with Crippen LogP contribution in [0.3, 0.4) is 0 Å². The van der Waals surface area contributed by atoms with E-state index in [-0.39, 0.29) is 0 Å². The molecule has 0 atom stereocenters. The predicted molar refractivity (Wildman–Crippen MR) is 76.3 cm³/mol. The van der Waals surface area contributed by atoms with Crippen LogP contribution in [-0.4, -0.2) is 22.6 Å². The molecular formula is C15H21N3. The van der Waals surface area contributed by atoms with Gasteiger partial charge in [-0.15, -0.1) is 0 Å². The first-order chi connectivity index (χ1) is 8.70. The number of rotatable bonds is 1. The van der Waals surface area contributed by atoms with Gasteiger partial charge in [0.25, 0.3) is 0 Å². The van der Waals surface area contributed by atoms with Crippen LogP contribution >= 0.6 is 0 Å². The summed E-state index contributed by atoms with van der Waals surface area (Å²) in [6.07, 6.45) is 5.90. The Hall–Kier alpha value is -1.51. The normalized spacial score (nSPS) is 16.5. The molecule has 1 fully saturated rings. The fourth-order valence-corrected chi connectivity index (χ4v) is 3.03. The lowest BCUT2D eigenvalue weighted by atomic mass is 10.1. The second-order valence-corrected chi connectivity index (χ2v) is 5.35. The van der Waals surface area contributed by atoms with E-state index in [4.69, 9.17) is 0 Å². The Morgan fingerprint density at radius 2 is 1.83 bits per heavy atom. The van der Waals surface area contributed by atoms with E-state index in [0.717, 1.165) is 13.1 Å². The Morgan fingerprint density at radius 3 is 2.56 bits per heavy atom. The lowest BCUT2D eigenvalue weighted by Gasteiger charge is -2.28. The van der Waals surface area contributed by atoms with E-state index in [9.17, 15) is 0 Å². The highest BCUT2D eigenvalue weighted by molar-refractivity contribution is 5.93. The number of piperidine rings is 1. The van der Waals surface area contributed by atoms with Crippen molar-refractivity contribution in [3.8, 4) is 0 Å². The van der Waals surface area contributed by atoms with Gasteiger partial charge in [-0.05, 0) is 44.7 Å². The summed E-state index contributed by atoms with van der Waals surface area (Å²) in [5, 5.41) is 1.35. The second kappa shape index (κ2) is 4.30. The molecule has 0 spiro atoms. The molecule has 0 saturated carbocycles. The minimum Gasteiger partial charge on any atom is -0.355 e. The largest absolute Gasteiger partial charge is 0.355 e. The van der Waals surface area contributed by atoms with Crippen LogP contribution in [0.4, 0.5) is 5.82 Å². The van der Waals surface area contributed by atoms with E-state index in [1.165, 1.54) is 47.2 Å². The number of aryl methyl sites for hydroxylation is 2. The number of pyridine rings is 1. The van der Waals surface area contributed by atoms with Crippen molar-refractivity contribution in [2.45, 2.75) is 33.1 Å². The molecule has 0 aromatic carbocycles. The van der Waals surface area contributed by atoms with Gasteiger partial charge < -0.3 is 9.47 Å². The molecule has 1 aliphatic rings. The van der Waals surface area contributed by atoms with Crippen LogP contribution in [0.1, 0.15) is 30.5 Å². The number of aromatic nitrogens is 2. The SMILES string of the molecule is Cc1c(C)n(C)c2c(N3CCCCC3)nccc12. The third-order valence-electron chi connectivity index (χ3n) is 4.35. The Morgan fingerprint density at radius 1 is 1.11 bits per heavy atom. The molecule has 3 rings (SSSR count). The van der Waals surface area contributed by atoms with Crippen LogP contribution in [0.15, 0.2) is 12.3 Å². The molecule has 96 valence electrons. The van der Waals surface area contributed by atoms with Crippen molar-refractivity contribution in [2.24, 2.45) is 7.05 Å². The lowest BCUT2D eigenvalue weighted by Crippen LogP contribution is -2.30. The maximum absolute atomic E-state index is 4.65. The molecular weight excluding hydrogens is 222 g/mol. The van der Waals surface area contributed by atoms with Crippen molar-refractivity contribution in [3.05, 3.63) is 23.5 Å². The fraction of sp³-hybridized carbons (Fsp3) is 0.533. The van der Waals surface area contributed by atoms with Gasteiger partial charge in [0, 0.05) is 37.4 Å². The number of fused-ring (bicyclic) bond motifs is 1. The van der Waals surface area contributed by atoms with E-state index in [1.54, 1.807) is 0 Å². The molecule has 0 bridgehead atoms. The van der Waals surface area contributed by atoms with E-state index in [0.29, 0.717) is 0 Å². The van der Waals surface area contributed by atoms with Crippen LogP contribution in [-0.2, 0) is 7.05 Å². The summed E-state index contributed by atoms with van der Waals surface area (Å²) in [4.78, 5) is 7.10. The molecule has 2 aromatic rings. The number of anilines is 1. The summed E-state index contributed by atoms with van der Waals surface area (Å²) < 4.78 is 2.29. The Kier molecular flexibility index (Phi) is 2.77. The molecule has 2 aromatic heterocycles. The number of hydrogen-bond acceptors (Lipinski definition) is 2. The first-order valence-corrected chi connectivity index (χ1v) is 6.85. The van der Waals surface area contributed by atoms with E-state index >= 15 is 0 Å². The highest BCUT2D eigenvalue weighted by Crippen LogP contribution is 2.31. The van der Waals surface area contributed by atoms with Crippen molar-refractivity contribution in [1.29, 1.82) is 0 Å². The van der Waals surface area contributed by atoms with E-state index < -0.39 is 0 Å². The molecule has 1 saturated heterocycles. The van der Waals surface area contributed by atoms with Gasteiger partial charge in [0.2, 0.25) is 0 Å². The number of hydrogen-bond donors (Lipinski definition) is 0. The Bertz CT molecular complexity index is 577. The van der Waals surface area contributed by atoms with E-state index in [2.05, 4.69) is 41.4 Å². The van der Waals surface area contributed by atoms with Crippen molar-refractivity contribution >= 4 is 16.7 Å². The minimum absolute atomic E-state index is 1.15. The molecule has 0 amide bonds. The second-order valence-electron chi connectivity index (χ2n) is 5.35. The van der Waals surface area contributed by atoms with Gasteiger partial charge in [-0.2, -0.15) is 0 Å². The zero-order chi connectivity index (χ0) is 12.7. The topological polar surface area (TPSA) is 21.1 Å². The highest BCUT2D eigenvalue weighted by atomic mass is 15.2. The lowest BCUT2D eigenvalue weighted by molar-refractivity contribution is 0.574. The van der Waals surface area contributed by atoms with Crippen LogP contribution in [0.25, 0.3) is 10.9 Å². The van der Waals surface area contributed by atoms with Gasteiger partial charge in [0.05, 0.1) is 5.52 Å². The van der Waals surface area contributed by atoms with Gasteiger partial charge >= 0.3 is 0 Å². The highest BCUT2D eigenvalue weighted by Gasteiger charge is 2.18. The van der Waals surface area contributed by atoms with Crippen molar-refractivity contribution in [1.82, 2.24) is 9.55 Å². The molecule has 3 heterocycles. The molecule has 0 N–H and O–H groups in total. The zero-order valence-electron chi connectivity index (χ0n) is 11.5. The fourth-order valence-electron chi connectivity index (χ4n) is 3.03. The Labute approximate surface area is 108 Å². The van der Waals surface area contributed by atoms with E-state index in [1.807, 2.05) is 6.20 Å². The summed E-state index contributed by atoms with van der Waals surface area (Å²) >= 11 is 0. The van der Waals surface area contributed by atoms with Gasteiger partial charge in [-0.1, -0.05) is 0 Å². The van der Waals surface area contributed by atoms with Gasteiger partial charge in [0.1, 0.15) is 0 Å². The van der Waals surface area contributed by atoms with Crippen LogP contribution in [0, 0.1) is 13.8 Å². The average molecular weight is 243 g/mol. The summed E-state index contributed by atoms with van der Waals surface area (Å²) in [6.45, 7) is 6.69. The maximum atomic E-state index is 4.65. The summed E-state index contributed by atoms with van der Waals surface area (Å²) in [7, 11) is 2.15. The van der Waals surface area contributed by atoms with Gasteiger partial charge in [0.15, 0.2) is 5.82 Å². The van der Waals surface area contributed by atoms with Crippen LogP contribution in [0.2, 0.25) is 0 Å². The molecule has 18 heavy (non-hydrogen) atoms. The minimum atomic E-state index is 1.15. The molecule has 3 nitrogen and oxygen atoms in total. The molecule has 0 unspecified atom stereocenters. The third-order valence-corrected chi connectivity index (χ3v) is 4.35. The smallest absolute Gasteiger partial charge is 0.153 e. The average Bonchev–Trinajstić information content (AvgIpc) is 2.65. The first kappa shape index (κ1) is 11.6.